The highest BCUT2D eigenvalue weighted by Crippen LogP contribution is 2.21. The maximum Gasteiger partial charge on any atom is 0.321 e. The van der Waals surface area contributed by atoms with Crippen LogP contribution in [0.15, 0.2) is 42.7 Å². The Balaban J connectivity index is 1.74. The van der Waals surface area contributed by atoms with Crippen molar-refractivity contribution in [3.8, 4) is 5.69 Å². The number of urea groups is 1. The van der Waals surface area contributed by atoms with Gasteiger partial charge in [0.05, 0.1) is 5.69 Å². The molecule has 1 saturated heterocycles. The molecule has 6 heteroatoms. The van der Waals surface area contributed by atoms with Gasteiger partial charge in [-0.2, -0.15) is 0 Å². The molecule has 0 radical (unpaired) electrons. The van der Waals surface area contributed by atoms with Crippen LogP contribution < -0.4 is 5.32 Å². The number of amides is 2. The number of carbonyl (C=O) groups excluding carboxylic acids is 1. The Labute approximate surface area is 134 Å². The molecule has 0 bridgehead atoms. The van der Waals surface area contributed by atoms with Gasteiger partial charge in [-0.05, 0) is 49.1 Å². The fourth-order valence-corrected chi connectivity index (χ4v) is 2.87. The zero-order valence-electron chi connectivity index (χ0n) is 12.8. The minimum atomic E-state index is -0.468. The first-order valence-corrected chi connectivity index (χ1v) is 7.77. The van der Waals surface area contributed by atoms with Crippen LogP contribution in [0.4, 0.5) is 14.9 Å². The van der Waals surface area contributed by atoms with E-state index in [9.17, 15) is 14.3 Å². The summed E-state index contributed by atoms with van der Waals surface area (Å²) in [5, 5.41) is 11.9. The second-order valence-corrected chi connectivity index (χ2v) is 5.82. The average Bonchev–Trinajstić information content (AvgIpc) is 3.11. The van der Waals surface area contributed by atoms with Crippen LogP contribution in [-0.4, -0.2) is 40.3 Å². The summed E-state index contributed by atoms with van der Waals surface area (Å²) in [6, 6.07) is 8.05. The molecule has 0 aliphatic carbocycles. The summed E-state index contributed by atoms with van der Waals surface area (Å²) in [7, 11) is 0. The van der Waals surface area contributed by atoms with E-state index < -0.39 is 5.82 Å². The number of aromatic nitrogens is 1. The molecule has 0 saturated carbocycles. The van der Waals surface area contributed by atoms with Gasteiger partial charge in [0.2, 0.25) is 0 Å². The molecule has 1 unspecified atom stereocenters. The van der Waals surface area contributed by atoms with Crippen molar-refractivity contribution >= 4 is 11.7 Å². The van der Waals surface area contributed by atoms with Gasteiger partial charge in [-0.3, -0.25) is 0 Å². The highest BCUT2D eigenvalue weighted by Gasteiger charge is 2.23. The summed E-state index contributed by atoms with van der Waals surface area (Å²) in [5.41, 5.74) is 0.936. The average molecular weight is 317 g/mol. The molecule has 2 N–H and O–H groups in total. The van der Waals surface area contributed by atoms with Gasteiger partial charge in [0, 0.05) is 37.8 Å². The highest BCUT2D eigenvalue weighted by atomic mass is 19.1. The van der Waals surface area contributed by atoms with Gasteiger partial charge in [-0.25, -0.2) is 9.18 Å². The number of hydrogen-bond acceptors (Lipinski definition) is 2. The molecule has 0 spiro atoms. The van der Waals surface area contributed by atoms with Gasteiger partial charge < -0.3 is 19.9 Å². The summed E-state index contributed by atoms with van der Waals surface area (Å²) in [6.07, 6.45) is 5.48. The summed E-state index contributed by atoms with van der Waals surface area (Å²) in [4.78, 5) is 14.0. The van der Waals surface area contributed by atoms with E-state index in [-0.39, 0.29) is 24.2 Å². The molecule has 1 atom stereocenters. The number of halogens is 1. The molecule has 5 nitrogen and oxygen atoms in total. The van der Waals surface area contributed by atoms with E-state index in [0.29, 0.717) is 13.1 Å². The van der Waals surface area contributed by atoms with Crippen molar-refractivity contribution in [3.63, 3.8) is 0 Å². The van der Waals surface area contributed by atoms with Crippen molar-refractivity contribution in [2.24, 2.45) is 5.92 Å². The van der Waals surface area contributed by atoms with E-state index >= 15 is 0 Å². The Morgan fingerprint density at radius 2 is 2.13 bits per heavy atom. The van der Waals surface area contributed by atoms with Crippen LogP contribution in [0.25, 0.3) is 5.69 Å². The fraction of sp³-hybridized carbons (Fsp3) is 0.353. The first-order chi connectivity index (χ1) is 11.2. The number of aliphatic hydroxyl groups is 1. The number of aliphatic hydroxyl groups excluding tert-OH is 1. The van der Waals surface area contributed by atoms with Crippen LogP contribution >= 0.6 is 0 Å². The molecule has 2 heterocycles. The minimum Gasteiger partial charge on any atom is -0.396 e. The molecule has 1 aromatic heterocycles. The number of anilines is 1. The number of carbonyl (C=O) groups is 1. The van der Waals surface area contributed by atoms with Crippen molar-refractivity contribution in [2.45, 2.75) is 12.8 Å². The van der Waals surface area contributed by atoms with Crippen molar-refractivity contribution < 1.29 is 14.3 Å². The second kappa shape index (κ2) is 6.83. The zero-order chi connectivity index (χ0) is 16.2. The number of likely N-dealkylation sites (tertiary alicyclic amines) is 1. The van der Waals surface area contributed by atoms with Crippen molar-refractivity contribution in [1.82, 2.24) is 9.47 Å². The van der Waals surface area contributed by atoms with Crippen molar-refractivity contribution in [3.05, 3.63) is 48.5 Å². The first kappa shape index (κ1) is 15.6. The number of piperidine rings is 1. The molecule has 1 aliphatic rings. The number of benzene rings is 1. The fourth-order valence-electron chi connectivity index (χ4n) is 2.87. The molecular formula is C17H20FN3O2. The van der Waals surface area contributed by atoms with Gasteiger partial charge in [0.1, 0.15) is 5.82 Å². The number of rotatable bonds is 3. The Hall–Kier alpha value is -2.34. The van der Waals surface area contributed by atoms with E-state index in [1.807, 2.05) is 29.1 Å². The van der Waals surface area contributed by atoms with Crippen molar-refractivity contribution in [1.29, 1.82) is 0 Å². The van der Waals surface area contributed by atoms with Crippen LogP contribution in [-0.2, 0) is 0 Å². The summed E-state index contributed by atoms with van der Waals surface area (Å²) in [5.74, 6) is -0.365. The quantitative estimate of drug-likeness (QED) is 0.914. The lowest BCUT2D eigenvalue weighted by Crippen LogP contribution is -2.43. The maximum absolute atomic E-state index is 14.0. The SMILES string of the molecule is O=C(Nc1cc(-n2cccc2)ccc1F)N1CCCC(CO)C1. The smallest absolute Gasteiger partial charge is 0.321 e. The Bertz CT molecular complexity index is 672. The predicted molar refractivity (Wildman–Crippen MR) is 86.1 cm³/mol. The maximum atomic E-state index is 14.0. The molecule has 3 rings (SSSR count). The largest absolute Gasteiger partial charge is 0.396 e. The molecule has 1 aromatic carbocycles. The molecule has 122 valence electrons. The lowest BCUT2D eigenvalue weighted by atomic mass is 9.99. The molecule has 1 aliphatic heterocycles. The van der Waals surface area contributed by atoms with E-state index in [4.69, 9.17) is 0 Å². The Kier molecular flexibility index (Phi) is 4.62. The number of nitrogens with one attached hydrogen (secondary N) is 1. The summed E-state index contributed by atoms with van der Waals surface area (Å²) >= 11 is 0. The summed E-state index contributed by atoms with van der Waals surface area (Å²) in [6.45, 7) is 1.20. The third-order valence-corrected chi connectivity index (χ3v) is 4.16. The summed E-state index contributed by atoms with van der Waals surface area (Å²) < 4.78 is 15.8. The number of hydrogen-bond donors (Lipinski definition) is 2. The van der Waals surface area contributed by atoms with Crippen LogP contribution in [0.3, 0.4) is 0 Å². The second-order valence-electron chi connectivity index (χ2n) is 5.82. The van der Waals surface area contributed by atoms with Gasteiger partial charge >= 0.3 is 6.03 Å². The Morgan fingerprint density at radius 3 is 2.87 bits per heavy atom. The third-order valence-electron chi connectivity index (χ3n) is 4.16. The highest BCUT2D eigenvalue weighted by molar-refractivity contribution is 5.89. The molecular weight excluding hydrogens is 297 g/mol. The first-order valence-electron chi connectivity index (χ1n) is 7.77. The van der Waals surface area contributed by atoms with Crippen LogP contribution in [0.2, 0.25) is 0 Å². The van der Waals surface area contributed by atoms with E-state index in [2.05, 4.69) is 5.32 Å². The van der Waals surface area contributed by atoms with Gasteiger partial charge in [-0.1, -0.05) is 0 Å². The van der Waals surface area contributed by atoms with Crippen molar-refractivity contribution in [2.75, 3.05) is 25.0 Å². The molecule has 2 amide bonds. The van der Waals surface area contributed by atoms with Crippen LogP contribution in [0, 0.1) is 11.7 Å². The molecule has 1 fully saturated rings. The standard InChI is InChI=1S/C17H20FN3O2/c18-15-6-5-14(20-7-1-2-8-20)10-16(15)19-17(23)21-9-3-4-13(11-21)12-22/h1-2,5-8,10,13,22H,3-4,9,11-12H2,(H,19,23). The van der Waals surface area contributed by atoms with E-state index in [1.54, 1.807) is 17.0 Å². The number of nitrogens with zero attached hydrogens (tertiary/aromatic N) is 2. The van der Waals surface area contributed by atoms with E-state index in [0.717, 1.165) is 18.5 Å². The third kappa shape index (κ3) is 3.53. The van der Waals surface area contributed by atoms with Crippen LogP contribution in [0.5, 0.6) is 0 Å². The zero-order valence-corrected chi connectivity index (χ0v) is 12.8. The normalized spacial score (nSPS) is 18.0. The van der Waals surface area contributed by atoms with E-state index in [1.165, 1.54) is 6.07 Å². The lowest BCUT2D eigenvalue weighted by molar-refractivity contribution is 0.136. The van der Waals surface area contributed by atoms with Gasteiger partial charge in [-0.15, -0.1) is 0 Å². The molecule has 23 heavy (non-hydrogen) atoms. The topological polar surface area (TPSA) is 57.5 Å². The minimum absolute atomic E-state index is 0.0707. The Morgan fingerprint density at radius 1 is 1.35 bits per heavy atom. The molecule has 2 aromatic rings. The van der Waals surface area contributed by atoms with Crippen LogP contribution in [0.1, 0.15) is 12.8 Å². The lowest BCUT2D eigenvalue weighted by Gasteiger charge is -2.31. The van der Waals surface area contributed by atoms with Gasteiger partial charge in [0.25, 0.3) is 0 Å². The monoisotopic (exact) mass is 317 g/mol. The predicted octanol–water partition coefficient (Wildman–Crippen LogP) is 2.85. The van der Waals surface area contributed by atoms with Gasteiger partial charge in [0.15, 0.2) is 0 Å².